The highest BCUT2D eigenvalue weighted by atomic mass is 16.5. The maximum absolute atomic E-state index is 5.70. The Morgan fingerprint density at radius 3 is 2.03 bits per heavy atom. The minimum atomic E-state index is 0.466. The molecule has 1 heterocycles. The average molecular weight is 474 g/mol. The Kier molecular flexibility index (Phi) is 6.91. The van der Waals surface area contributed by atoms with E-state index in [4.69, 9.17) is 23.7 Å². The normalized spacial score (nSPS) is 10.5. The van der Waals surface area contributed by atoms with Gasteiger partial charge in [0.1, 0.15) is 0 Å². The van der Waals surface area contributed by atoms with Crippen LogP contribution in [-0.4, -0.2) is 45.5 Å². The van der Waals surface area contributed by atoms with E-state index in [1.54, 1.807) is 47.8 Å². The van der Waals surface area contributed by atoms with Gasteiger partial charge in [-0.1, -0.05) is 24.8 Å². The van der Waals surface area contributed by atoms with Crippen molar-refractivity contribution in [3.8, 4) is 39.9 Å². The topological polar surface area (TPSA) is 84.0 Å². The zero-order valence-electron chi connectivity index (χ0n) is 20.3. The summed E-state index contributed by atoms with van der Waals surface area (Å²) in [5.74, 6) is 3.37. The Labute approximate surface area is 204 Å². The van der Waals surface area contributed by atoms with E-state index >= 15 is 0 Å². The quantitative estimate of drug-likeness (QED) is 0.330. The number of hydrogen-bond donors (Lipinski definition) is 1. The van der Waals surface area contributed by atoms with Crippen LogP contribution in [0.3, 0.4) is 0 Å². The van der Waals surface area contributed by atoms with Crippen molar-refractivity contribution in [3.63, 3.8) is 0 Å². The van der Waals surface area contributed by atoms with Crippen molar-refractivity contribution >= 4 is 28.6 Å². The Balaban J connectivity index is 1.67. The van der Waals surface area contributed by atoms with E-state index in [0.717, 1.165) is 33.3 Å². The molecule has 0 aliphatic heterocycles. The summed E-state index contributed by atoms with van der Waals surface area (Å²) in [6, 6.07) is 13.4. The lowest BCUT2D eigenvalue weighted by atomic mass is 9.97. The molecule has 8 nitrogen and oxygen atoms in total. The molecule has 35 heavy (non-hydrogen) atoms. The molecule has 0 saturated carbocycles. The van der Waals surface area contributed by atoms with Gasteiger partial charge in [-0.25, -0.2) is 9.97 Å². The molecule has 180 valence electrons. The highest BCUT2D eigenvalue weighted by Gasteiger charge is 2.20. The Bertz CT molecular complexity index is 1370. The maximum atomic E-state index is 5.70. The predicted molar refractivity (Wildman–Crippen MR) is 138 cm³/mol. The van der Waals surface area contributed by atoms with Gasteiger partial charge in [0.05, 0.1) is 41.1 Å². The number of fused-ring (bicyclic) bond motifs is 1. The lowest BCUT2D eigenvalue weighted by Gasteiger charge is -2.19. The molecule has 4 aromatic rings. The Morgan fingerprint density at radius 2 is 1.43 bits per heavy atom. The van der Waals surface area contributed by atoms with Crippen molar-refractivity contribution in [3.05, 3.63) is 60.8 Å². The number of hydrogen-bond acceptors (Lipinski definition) is 8. The van der Waals surface area contributed by atoms with Gasteiger partial charge in [-0.05, 0) is 35.4 Å². The number of ether oxygens (including phenoxy) is 5. The third-order valence-corrected chi connectivity index (χ3v) is 5.60. The fraction of sp³-hybridized carbons (Fsp3) is 0.185. The first-order chi connectivity index (χ1) is 17.1. The second-order valence-corrected chi connectivity index (χ2v) is 7.48. The molecule has 1 N–H and O–H groups in total. The van der Waals surface area contributed by atoms with Crippen molar-refractivity contribution in [2.75, 3.05) is 40.9 Å². The molecule has 1 aromatic heterocycles. The van der Waals surface area contributed by atoms with Crippen molar-refractivity contribution in [1.29, 1.82) is 0 Å². The zero-order valence-corrected chi connectivity index (χ0v) is 20.3. The second kappa shape index (κ2) is 10.2. The number of aromatic nitrogens is 2. The van der Waals surface area contributed by atoms with Crippen molar-refractivity contribution in [1.82, 2.24) is 9.97 Å². The number of nitrogens with zero attached hydrogens (tertiary/aromatic N) is 2. The van der Waals surface area contributed by atoms with Gasteiger partial charge in [0.25, 0.3) is 0 Å². The molecule has 0 unspecified atom stereocenters. The van der Waals surface area contributed by atoms with Gasteiger partial charge in [0, 0.05) is 28.9 Å². The lowest BCUT2D eigenvalue weighted by Crippen LogP contribution is -2.00. The van der Waals surface area contributed by atoms with Crippen LogP contribution in [0.2, 0.25) is 0 Å². The van der Waals surface area contributed by atoms with Crippen LogP contribution < -0.4 is 29.0 Å². The molecule has 0 saturated heterocycles. The summed E-state index contributed by atoms with van der Waals surface area (Å²) >= 11 is 0. The fourth-order valence-electron chi connectivity index (χ4n) is 3.90. The summed E-state index contributed by atoms with van der Waals surface area (Å²) in [6.45, 7) is 3.95. The molecule has 0 aliphatic carbocycles. The third kappa shape index (κ3) is 4.50. The molecule has 0 amide bonds. The number of rotatable bonds is 9. The first kappa shape index (κ1) is 23.7. The van der Waals surface area contributed by atoms with E-state index in [2.05, 4.69) is 21.9 Å². The lowest BCUT2D eigenvalue weighted by molar-refractivity contribution is 0.325. The summed E-state index contributed by atoms with van der Waals surface area (Å²) in [5, 5.41) is 4.10. The smallest absolute Gasteiger partial charge is 0.227 e. The van der Waals surface area contributed by atoms with E-state index in [9.17, 15) is 0 Å². The molecule has 3 aromatic carbocycles. The number of nitrogens with one attached hydrogen (secondary N) is 1. The van der Waals surface area contributed by atoms with Crippen LogP contribution in [0.25, 0.3) is 28.1 Å². The summed E-state index contributed by atoms with van der Waals surface area (Å²) < 4.78 is 27.5. The fourth-order valence-corrected chi connectivity index (χ4v) is 3.90. The van der Waals surface area contributed by atoms with Crippen LogP contribution >= 0.6 is 0 Å². The average Bonchev–Trinajstić information content (AvgIpc) is 2.91. The Morgan fingerprint density at radius 1 is 0.771 bits per heavy atom. The van der Waals surface area contributed by atoms with Gasteiger partial charge in [-0.15, -0.1) is 0 Å². The maximum Gasteiger partial charge on any atom is 0.227 e. The first-order valence-corrected chi connectivity index (χ1v) is 10.8. The molecule has 8 heteroatoms. The van der Waals surface area contributed by atoms with Gasteiger partial charge in [0.15, 0.2) is 23.0 Å². The predicted octanol–water partition coefficient (Wildman–Crippen LogP) is 5.73. The SMILES string of the molecule is C=Cc1cc(OC)c(OC)c(OC)c1-c1ccc(Nc2ncc3cc(OC)c(OC)cc3n2)cc1. The van der Waals surface area contributed by atoms with Crippen LogP contribution in [0, 0.1) is 0 Å². The van der Waals surface area contributed by atoms with Gasteiger partial charge in [-0.3, -0.25) is 0 Å². The highest BCUT2D eigenvalue weighted by molar-refractivity contribution is 5.86. The summed E-state index contributed by atoms with van der Waals surface area (Å²) in [5.41, 5.74) is 4.22. The molecule has 0 fully saturated rings. The molecule has 4 rings (SSSR count). The molecular formula is C27H27N3O5. The summed E-state index contributed by atoms with van der Waals surface area (Å²) in [6.07, 6.45) is 3.50. The monoisotopic (exact) mass is 473 g/mol. The standard InChI is InChI=1S/C27H27N3O5/c1-7-16-12-23(33-4)25(34-5)26(35-6)24(16)17-8-10-19(11-9-17)29-27-28-15-18-13-21(31-2)22(32-3)14-20(18)30-27/h7-15H,1H2,2-6H3,(H,28,29,30). The van der Waals surface area contributed by atoms with Crippen molar-refractivity contribution in [2.45, 2.75) is 0 Å². The van der Waals surface area contributed by atoms with Crippen LogP contribution in [-0.2, 0) is 0 Å². The van der Waals surface area contributed by atoms with Crippen LogP contribution in [0.5, 0.6) is 28.7 Å². The second-order valence-electron chi connectivity index (χ2n) is 7.48. The van der Waals surface area contributed by atoms with Crippen LogP contribution in [0.4, 0.5) is 11.6 Å². The van der Waals surface area contributed by atoms with E-state index < -0.39 is 0 Å². The Hall–Kier alpha value is -4.46. The minimum absolute atomic E-state index is 0.466. The van der Waals surface area contributed by atoms with E-state index in [0.29, 0.717) is 34.7 Å². The van der Waals surface area contributed by atoms with Crippen LogP contribution in [0.1, 0.15) is 5.56 Å². The van der Waals surface area contributed by atoms with E-state index in [1.807, 2.05) is 42.5 Å². The number of anilines is 2. The van der Waals surface area contributed by atoms with Gasteiger partial charge in [-0.2, -0.15) is 0 Å². The molecule has 0 bridgehead atoms. The molecule has 0 aliphatic rings. The van der Waals surface area contributed by atoms with Gasteiger partial charge >= 0.3 is 0 Å². The zero-order chi connectivity index (χ0) is 24.9. The van der Waals surface area contributed by atoms with Crippen LogP contribution in [0.15, 0.2) is 55.2 Å². The van der Waals surface area contributed by atoms with Gasteiger partial charge in [0.2, 0.25) is 11.7 Å². The van der Waals surface area contributed by atoms with Crippen molar-refractivity contribution in [2.24, 2.45) is 0 Å². The first-order valence-electron chi connectivity index (χ1n) is 10.8. The third-order valence-electron chi connectivity index (χ3n) is 5.60. The summed E-state index contributed by atoms with van der Waals surface area (Å²) in [7, 11) is 7.97. The molecule has 0 radical (unpaired) electrons. The number of methoxy groups -OCH3 is 5. The van der Waals surface area contributed by atoms with Crippen molar-refractivity contribution < 1.29 is 23.7 Å². The minimum Gasteiger partial charge on any atom is -0.493 e. The van der Waals surface area contributed by atoms with Gasteiger partial charge < -0.3 is 29.0 Å². The van der Waals surface area contributed by atoms with E-state index in [1.165, 1.54) is 0 Å². The van der Waals surface area contributed by atoms with E-state index in [-0.39, 0.29) is 0 Å². The molecule has 0 spiro atoms. The largest absolute Gasteiger partial charge is 0.493 e. The molecule has 0 atom stereocenters. The summed E-state index contributed by atoms with van der Waals surface area (Å²) in [4.78, 5) is 9.04. The highest BCUT2D eigenvalue weighted by Crippen LogP contribution is 2.47. The molecular weight excluding hydrogens is 446 g/mol. The number of benzene rings is 3.